The average molecular weight is 727 g/mol. The molecule has 0 bridgehead atoms. The van der Waals surface area contributed by atoms with Gasteiger partial charge in [-0.1, -0.05) is 60.7 Å². The van der Waals surface area contributed by atoms with Crippen LogP contribution in [-0.2, 0) is 13.2 Å². The Hall–Kier alpha value is -5.46. The van der Waals surface area contributed by atoms with Crippen molar-refractivity contribution in [2.24, 2.45) is 0 Å². The molecule has 2 aliphatic rings. The molecule has 5 N–H and O–H groups in total. The van der Waals surface area contributed by atoms with Crippen molar-refractivity contribution in [1.29, 1.82) is 0 Å². The summed E-state index contributed by atoms with van der Waals surface area (Å²) in [6.45, 7) is 2.01. The molecule has 282 valence electrons. The molecule has 6 rings (SSSR count). The van der Waals surface area contributed by atoms with Gasteiger partial charge in [-0.15, -0.1) is 0 Å². The van der Waals surface area contributed by atoms with E-state index in [1.54, 1.807) is 48.2 Å². The van der Waals surface area contributed by atoms with Gasteiger partial charge < -0.3 is 50.0 Å². The van der Waals surface area contributed by atoms with Crippen LogP contribution < -0.4 is 30.0 Å². The fraction of sp³-hybridized carbons (Fsp3) is 0.366. The lowest BCUT2D eigenvalue weighted by Crippen LogP contribution is -2.37. The summed E-state index contributed by atoms with van der Waals surface area (Å²) in [4.78, 5) is 29.3. The van der Waals surface area contributed by atoms with E-state index in [9.17, 15) is 19.8 Å². The zero-order valence-electron chi connectivity index (χ0n) is 30.6. The number of carbonyl (C=O) groups excluding carboxylic acids is 2. The lowest BCUT2D eigenvalue weighted by molar-refractivity contribution is 0.0672. The smallest absolute Gasteiger partial charge is 0.256 e. The number of nitrogen functional groups attached to an aromatic ring is 1. The van der Waals surface area contributed by atoms with Gasteiger partial charge in [-0.2, -0.15) is 0 Å². The fourth-order valence-corrected chi connectivity index (χ4v) is 6.62. The van der Waals surface area contributed by atoms with Crippen molar-refractivity contribution < 1.29 is 38.7 Å². The van der Waals surface area contributed by atoms with Gasteiger partial charge in [0.1, 0.15) is 13.2 Å². The number of nitrogens with two attached hydrogens (primary N) is 1. The Bertz CT molecular complexity index is 1810. The van der Waals surface area contributed by atoms with E-state index >= 15 is 0 Å². The van der Waals surface area contributed by atoms with Crippen molar-refractivity contribution in [3.05, 3.63) is 107 Å². The van der Waals surface area contributed by atoms with Crippen LogP contribution in [0.3, 0.4) is 0 Å². The number of nitrogens with zero attached hydrogens (tertiary/aromatic N) is 2. The maximum atomic E-state index is 13.0. The average Bonchev–Trinajstić information content (AvgIpc) is 3.90. The number of likely N-dealkylation sites (tertiary alicyclic amines) is 2. The molecule has 2 saturated heterocycles. The summed E-state index contributed by atoms with van der Waals surface area (Å²) in [5.41, 5.74) is 10.1. The topological polar surface area (TPSA) is 156 Å². The molecule has 12 heteroatoms. The van der Waals surface area contributed by atoms with Crippen molar-refractivity contribution in [2.45, 2.75) is 51.0 Å². The van der Waals surface area contributed by atoms with E-state index in [0.29, 0.717) is 71.8 Å². The maximum Gasteiger partial charge on any atom is 0.256 e. The number of methoxy groups -OCH3 is 2. The molecule has 2 aliphatic heterocycles. The second-order valence-electron chi connectivity index (χ2n) is 12.9. The quantitative estimate of drug-likeness (QED) is 0.132. The Morgan fingerprint density at radius 3 is 1.60 bits per heavy atom. The summed E-state index contributed by atoms with van der Waals surface area (Å²) in [7, 11) is 4.86. The number of nitrogens with one attached hydrogen (secondary N) is 1. The standard InChI is InChI=1S/C21H26N2O4.C20H24N2O4/c1-22-18-12-20(27-14-15-7-4-3-5-8-15)19(26-2)11-17(18)21(25)23-10-6-9-16(23)13-24;1-25-18-10-16(20(24)22-9-5-8-15(22)12-23)17(21)11-19(18)26-13-14-6-3-2-4-7-14/h3-5,7-8,11-12,16,22,24H,6,9-10,13-14H2,1-2H3;2-4,6-7,10-11,15,23H,5,8-9,12-13,21H2,1H3/t16-;15-/m00/s1. The van der Waals surface area contributed by atoms with E-state index in [0.717, 1.165) is 36.8 Å². The van der Waals surface area contributed by atoms with Crippen LogP contribution in [0.15, 0.2) is 84.9 Å². The van der Waals surface area contributed by atoms with Gasteiger partial charge in [0.05, 0.1) is 56.3 Å². The zero-order chi connectivity index (χ0) is 37.7. The highest BCUT2D eigenvalue weighted by Crippen LogP contribution is 2.36. The van der Waals surface area contributed by atoms with E-state index in [1.165, 1.54) is 7.11 Å². The zero-order valence-corrected chi connectivity index (χ0v) is 30.6. The number of ether oxygens (including phenoxy) is 4. The van der Waals surface area contributed by atoms with E-state index < -0.39 is 0 Å². The second-order valence-corrected chi connectivity index (χ2v) is 12.9. The highest BCUT2D eigenvalue weighted by molar-refractivity contribution is 6.01. The number of carbonyl (C=O) groups is 2. The van der Waals surface area contributed by atoms with Crippen LogP contribution in [0.1, 0.15) is 57.5 Å². The summed E-state index contributed by atoms with van der Waals surface area (Å²) in [6, 6.07) is 26.1. The Balaban J connectivity index is 0.000000204. The summed E-state index contributed by atoms with van der Waals surface area (Å²) >= 11 is 0. The summed E-state index contributed by atoms with van der Waals surface area (Å²) < 4.78 is 22.6. The van der Waals surface area contributed by atoms with Crippen molar-refractivity contribution in [3.8, 4) is 23.0 Å². The van der Waals surface area contributed by atoms with E-state index in [2.05, 4.69) is 5.32 Å². The first-order chi connectivity index (χ1) is 25.8. The lowest BCUT2D eigenvalue weighted by atomic mass is 10.1. The van der Waals surface area contributed by atoms with Gasteiger partial charge in [0, 0.05) is 38.0 Å². The lowest BCUT2D eigenvalue weighted by Gasteiger charge is -2.25. The molecule has 2 amide bonds. The summed E-state index contributed by atoms with van der Waals surface area (Å²) in [5.74, 6) is 1.73. The monoisotopic (exact) mass is 726 g/mol. The first-order valence-electron chi connectivity index (χ1n) is 17.9. The number of aliphatic hydroxyl groups excluding tert-OH is 2. The number of hydrogen-bond acceptors (Lipinski definition) is 10. The molecular weight excluding hydrogens is 676 g/mol. The van der Waals surface area contributed by atoms with Gasteiger partial charge in [0.15, 0.2) is 23.0 Å². The Morgan fingerprint density at radius 2 is 1.15 bits per heavy atom. The minimum Gasteiger partial charge on any atom is -0.493 e. The molecule has 0 aliphatic carbocycles. The molecular formula is C41H50N4O8. The first-order valence-corrected chi connectivity index (χ1v) is 17.9. The number of rotatable bonds is 13. The Kier molecular flexibility index (Phi) is 13.8. The minimum atomic E-state index is -0.188. The highest BCUT2D eigenvalue weighted by atomic mass is 16.5. The number of hydrogen-bond donors (Lipinski definition) is 4. The molecule has 12 nitrogen and oxygen atoms in total. The highest BCUT2D eigenvalue weighted by Gasteiger charge is 2.32. The molecule has 4 aromatic carbocycles. The predicted molar refractivity (Wildman–Crippen MR) is 204 cm³/mol. The predicted octanol–water partition coefficient (Wildman–Crippen LogP) is 5.37. The molecule has 0 saturated carbocycles. The number of anilines is 2. The molecule has 0 radical (unpaired) electrons. The molecule has 4 aromatic rings. The number of aliphatic hydroxyl groups is 2. The van der Waals surface area contributed by atoms with Crippen LogP contribution in [0.2, 0.25) is 0 Å². The van der Waals surface area contributed by atoms with Crippen molar-refractivity contribution >= 4 is 23.2 Å². The van der Waals surface area contributed by atoms with Gasteiger partial charge in [0.2, 0.25) is 0 Å². The molecule has 2 atom stereocenters. The van der Waals surface area contributed by atoms with Crippen LogP contribution in [0.25, 0.3) is 0 Å². The molecule has 0 unspecified atom stereocenters. The van der Waals surface area contributed by atoms with Crippen LogP contribution >= 0.6 is 0 Å². The SMILES string of the molecule is CNc1cc(OCc2ccccc2)c(OC)cc1C(=O)N1CCC[C@H]1CO.COc1cc(C(=O)N2CCC[C@H]2CO)c(N)cc1OCc1ccccc1. The van der Waals surface area contributed by atoms with Crippen LogP contribution in [0.4, 0.5) is 11.4 Å². The van der Waals surface area contributed by atoms with Crippen LogP contribution in [0.5, 0.6) is 23.0 Å². The summed E-state index contributed by atoms with van der Waals surface area (Å²) in [6.07, 6.45) is 3.41. The molecule has 0 aromatic heterocycles. The maximum absolute atomic E-state index is 13.0. The van der Waals surface area contributed by atoms with E-state index in [1.807, 2.05) is 60.7 Å². The fourth-order valence-electron chi connectivity index (χ4n) is 6.62. The Labute approximate surface area is 311 Å². The largest absolute Gasteiger partial charge is 0.493 e. The molecule has 0 spiro atoms. The normalized spacial score (nSPS) is 16.4. The van der Waals surface area contributed by atoms with E-state index in [-0.39, 0.29) is 37.1 Å². The van der Waals surface area contributed by atoms with Crippen LogP contribution in [-0.4, -0.2) is 91.5 Å². The van der Waals surface area contributed by atoms with Crippen molar-refractivity contribution in [1.82, 2.24) is 9.80 Å². The van der Waals surface area contributed by atoms with Gasteiger partial charge in [-0.3, -0.25) is 9.59 Å². The van der Waals surface area contributed by atoms with E-state index in [4.69, 9.17) is 24.7 Å². The first kappa shape index (κ1) is 38.8. The van der Waals surface area contributed by atoms with Crippen molar-refractivity contribution in [2.75, 3.05) is 58.6 Å². The van der Waals surface area contributed by atoms with Gasteiger partial charge in [-0.05, 0) is 48.9 Å². The number of benzene rings is 4. The van der Waals surface area contributed by atoms with Gasteiger partial charge >= 0.3 is 0 Å². The van der Waals surface area contributed by atoms with Gasteiger partial charge in [0.25, 0.3) is 11.8 Å². The van der Waals surface area contributed by atoms with Crippen LogP contribution in [0, 0.1) is 0 Å². The summed E-state index contributed by atoms with van der Waals surface area (Å²) in [5, 5.41) is 22.1. The second kappa shape index (κ2) is 18.9. The Morgan fingerprint density at radius 1 is 0.698 bits per heavy atom. The third-order valence-electron chi connectivity index (χ3n) is 9.54. The third-order valence-corrected chi connectivity index (χ3v) is 9.54. The molecule has 53 heavy (non-hydrogen) atoms. The third kappa shape index (κ3) is 9.51. The van der Waals surface area contributed by atoms with Gasteiger partial charge in [-0.25, -0.2) is 0 Å². The number of amides is 2. The molecule has 2 heterocycles. The van der Waals surface area contributed by atoms with Crippen molar-refractivity contribution in [3.63, 3.8) is 0 Å². The minimum absolute atomic E-state index is 0.0178. The molecule has 2 fully saturated rings.